The number of benzene rings is 4. The van der Waals surface area contributed by atoms with Crippen LogP contribution in [0.25, 0.3) is 0 Å². The molecule has 5 heteroatoms. The molecular weight excluding hydrogens is 475 g/mol. The van der Waals surface area contributed by atoms with Crippen LogP contribution in [-0.2, 0) is 11.1 Å². The Kier molecular flexibility index (Phi) is 6.24. The molecule has 174 valence electrons. The van der Waals surface area contributed by atoms with E-state index < -0.39 is 11.1 Å². The molecule has 3 nitrogen and oxygen atoms in total. The summed E-state index contributed by atoms with van der Waals surface area (Å²) in [6, 6.07) is 36.2. The summed E-state index contributed by atoms with van der Waals surface area (Å²) in [6.07, 6.45) is 3.67. The molecule has 1 unspecified atom stereocenters. The smallest absolute Gasteiger partial charge is 0.132 e. The minimum absolute atomic E-state index is 0.314. The first kappa shape index (κ1) is 23.4. The lowest BCUT2D eigenvalue weighted by Crippen LogP contribution is -2.37. The van der Waals surface area contributed by atoms with E-state index >= 15 is 0 Å². The van der Waals surface area contributed by atoms with Crippen LogP contribution in [0.1, 0.15) is 34.9 Å². The molecular formula is C30H24Cl2N2O. The van der Waals surface area contributed by atoms with E-state index in [1.165, 1.54) is 0 Å². The summed E-state index contributed by atoms with van der Waals surface area (Å²) in [7, 11) is 0. The van der Waals surface area contributed by atoms with E-state index in [0.29, 0.717) is 21.3 Å². The Balaban J connectivity index is 1.78. The van der Waals surface area contributed by atoms with Crippen molar-refractivity contribution in [3.8, 4) is 0 Å². The van der Waals surface area contributed by atoms with Gasteiger partial charge in [-0.25, -0.2) is 4.98 Å². The Morgan fingerprint density at radius 2 is 1.17 bits per heavy atom. The Hall–Kier alpha value is -3.37. The van der Waals surface area contributed by atoms with Crippen LogP contribution < -0.4 is 0 Å². The molecule has 4 aromatic carbocycles. The Morgan fingerprint density at radius 1 is 0.686 bits per heavy atom. The Labute approximate surface area is 215 Å². The van der Waals surface area contributed by atoms with E-state index in [4.69, 9.17) is 23.2 Å². The van der Waals surface area contributed by atoms with Crippen LogP contribution in [0.4, 0.5) is 0 Å². The van der Waals surface area contributed by atoms with E-state index in [1.807, 2.05) is 60.8 Å². The quantitative estimate of drug-likeness (QED) is 0.249. The predicted molar refractivity (Wildman–Crippen MR) is 142 cm³/mol. The first-order chi connectivity index (χ1) is 17.0. The molecule has 1 aromatic heterocycles. The average Bonchev–Trinajstić information content (AvgIpc) is 3.40. The number of hydrogen-bond donors (Lipinski definition) is 1. The summed E-state index contributed by atoms with van der Waals surface area (Å²) < 4.78 is 2.06. The Morgan fingerprint density at radius 3 is 1.66 bits per heavy atom. The van der Waals surface area contributed by atoms with Crippen LogP contribution >= 0.6 is 23.2 Å². The molecule has 0 saturated carbocycles. The summed E-state index contributed by atoms with van der Waals surface area (Å²) in [6.45, 7) is 1.69. The largest absolute Gasteiger partial charge is 0.379 e. The monoisotopic (exact) mass is 498 g/mol. The van der Waals surface area contributed by atoms with E-state index in [0.717, 1.165) is 16.7 Å². The number of rotatable bonds is 6. The predicted octanol–water partition coefficient (Wildman–Crippen LogP) is 7.29. The van der Waals surface area contributed by atoms with Crippen molar-refractivity contribution in [3.05, 3.63) is 160 Å². The van der Waals surface area contributed by atoms with Crippen LogP contribution in [0.15, 0.2) is 122 Å². The lowest BCUT2D eigenvalue weighted by atomic mass is 9.76. The molecule has 0 fully saturated rings. The van der Waals surface area contributed by atoms with Crippen LogP contribution in [0.3, 0.4) is 0 Å². The molecule has 1 N–H and O–H groups in total. The standard InChI is InChI=1S/C30H24Cl2N2O/c1-29(35,25-18-11-19-26(31)28(25)32)27-20-34(21-33-27)30(22-12-5-2-6-13-22,23-14-7-3-8-15-23)24-16-9-4-10-17-24/h2-21,35H,1H3. The molecule has 0 aliphatic carbocycles. The van der Waals surface area contributed by atoms with Gasteiger partial charge in [-0.3, -0.25) is 0 Å². The number of halogens is 2. The average molecular weight is 499 g/mol. The highest BCUT2D eigenvalue weighted by Gasteiger charge is 2.40. The molecule has 0 radical (unpaired) electrons. The zero-order chi connectivity index (χ0) is 24.5. The van der Waals surface area contributed by atoms with E-state index in [1.54, 1.807) is 31.5 Å². The molecule has 1 atom stereocenters. The van der Waals surface area contributed by atoms with Gasteiger partial charge in [0, 0.05) is 11.8 Å². The molecule has 0 spiro atoms. The van der Waals surface area contributed by atoms with Crippen molar-refractivity contribution in [3.63, 3.8) is 0 Å². The van der Waals surface area contributed by atoms with Crippen molar-refractivity contribution in [2.45, 2.75) is 18.1 Å². The first-order valence-electron chi connectivity index (χ1n) is 11.3. The van der Waals surface area contributed by atoms with E-state index in [9.17, 15) is 5.11 Å². The number of aliphatic hydroxyl groups is 1. The van der Waals surface area contributed by atoms with Gasteiger partial charge < -0.3 is 9.67 Å². The van der Waals surface area contributed by atoms with Crippen molar-refractivity contribution in [1.82, 2.24) is 9.55 Å². The van der Waals surface area contributed by atoms with Gasteiger partial charge in [0.2, 0.25) is 0 Å². The molecule has 0 saturated heterocycles. The number of aromatic nitrogens is 2. The summed E-state index contributed by atoms with van der Waals surface area (Å²) in [5, 5.41) is 12.3. The zero-order valence-corrected chi connectivity index (χ0v) is 20.7. The second-order valence-corrected chi connectivity index (χ2v) is 9.43. The van der Waals surface area contributed by atoms with Crippen molar-refractivity contribution in [2.75, 3.05) is 0 Å². The van der Waals surface area contributed by atoms with Crippen LogP contribution in [-0.4, -0.2) is 14.7 Å². The fourth-order valence-corrected chi connectivity index (χ4v) is 5.25. The molecule has 5 rings (SSSR count). The number of nitrogens with zero attached hydrogens (tertiary/aromatic N) is 2. The summed E-state index contributed by atoms with van der Waals surface area (Å²) in [5.74, 6) is 0. The third kappa shape index (κ3) is 3.96. The highest BCUT2D eigenvalue weighted by molar-refractivity contribution is 6.42. The van der Waals surface area contributed by atoms with Gasteiger partial charge in [0.05, 0.1) is 22.1 Å². The van der Waals surface area contributed by atoms with Crippen molar-refractivity contribution < 1.29 is 5.11 Å². The van der Waals surface area contributed by atoms with Gasteiger partial charge in [-0.2, -0.15) is 0 Å². The minimum atomic E-state index is -1.46. The maximum Gasteiger partial charge on any atom is 0.132 e. The molecule has 0 amide bonds. The van der Waals surface area contributed by atoms with Crippen molar-refractivity contribution >= 4 is 23.2 Å². The van der Waals surface area contributed by atoms with Gasteiger partial charge >= 0.3 is 0 Å². The molecule has 35 heavy (non-hydrogen) atoms. The maximum absolute atomic E-state index is 11.6. The summed E-state index contributed by atoms with van der Waals surface area (Å²) in [5.41, 5.74) is 2.01. The zero-order valence-electron chi connectivity index (χ0n) is 19.1. The van der Waals surface area contributed by atoms with Crippen LogP contribution in [0, 0.1) is 0 Å². The van der Waals surface area contributed by atoms with Crippen molar-refractivity contribution in [2.24, 2.45) is 0 Å². The SMILES string of the molecule is CC(O)(c1cn(C(c2ccccc2)(c2ccccc2)c2ccccc2)cn1)c1cccc(Cl)c1Cl. The highest BCUT2D eigenvalue weighted by Crippen LogP contribution is 2.42. The lowest BCUT2D eigenvalue weighted by Gasteiger charge is -2.37. The van der Waals surface area contributed by atoms with Gasteiger partial charge in [0.15, 0.2) is 0 Å². The fraction of sp³-hybridized carbons (Fsp3) is 0.100. The van der Waals surface area contributed by atoms with Crippen molar-refractivity contribution in [1.29, 1.82) is 0 Å². The van der Waals surface area contributed by atoms with E-state index in [2.05, 4.69) is 45.9 Å². The summed E-state index contributed by atoms with van der Waals surface area (Å²) in [4.78, 5) is 4.69. The van der Waals surface area contributed by atoms with Crippen LogP contribution in [0.5, 0.6) is 0 Å². The van der Waals surface area contributed by atoms with Gasteiger partial charge in [0.25, 0.3) is 0 Å². The number of hydrogen-bond acceptors (Lipinski definition) is 2. The minimum Gasteiger partial charge on any atom is -0.379 e. The maximum atomic E-state index is 11.6. The van der Waals surface area contributed by atoms with Gasteiger partial charge in [-0.05, 0) is 29.7 Å². The Bertz CT molecular complexity index is 1330. The lowest BCUT2D eigenvalue weighted by molar-refractivity contribution is 0.0978. The normalized spacial score (nSPS) is 13.4. The molecule has 5 aromatic rings. The molecule has 0 bridgehead atoms. The van der Waals surface area contributed by atoms with Gasteiger partial charge in [-0.1, -0.05) is 126 Å². The third-order valence-corrected chi connectivity index (χ3v) is 7.34. The third-order valence-electron chi connectivity index (χ3n) is 6.52. The second kappa shape index (κ2) is 9.35. The molecule has 1 heterocycles. The topological polar surface area (TPSA) is 38.0 Å². The summed E-state index contributed by atoms with van der Waals surface area (Å²) >= 11 is 12.7. The van der Waals surface area contributed by atoms with Gasteiger partial charge in [0.1, 0.15) is 11.1 Å². The van der Waals surface area contributed by atoms with E-state index in [-0.39, 0.29) is 0 Å². The first-order valence-corrected chi connectivity index (χ1v) is 12.1. The molecule has 0 aliphatic heterocycles. The fourth-order valence-electron chi connectivity index (χ4n) is 4.76. The van der Waals surface area contributed by atoms with Crippen LogP contribution in [0.2, 0.25) is 10.0 Å². The highest BCUT2D eigenvalue weighted by atomic mass is 35.5. The van der Waals surface area contributed by atoms with Gasteiger partial charge in [-0.15, -0.1) is 0 Å². The number of imidazole rings is 1. The second-order valence-electron chi connectivity index (χ2n) is 8.65. The molecule has 0 aliphatic rings.